The van der Waals surface area contributed by atoms with Crippen molar-refractivity contribution < 1.29 is 33.8 Å². The van der Waals surface area contributed by atoms with Crippen molar-refractivity contribution in [2.75, 3.05) is 19.7 Å². The van der Waals surface area contributed by atoms with Crippen LogP contribution in [0, 0.1) is 11.3 Å². The summed E-state index contributed by atoms with van der Waals surface area (Å²) in [6.07, 6.45) is -0.962. The molecule has 2 aliphatic rings. The van der Waals surface area contributed by atoms with E-state index in [2.05, 4.69) is 0 Å². The molecule has 32 heavy (non-hydrogen) atoms. The maximum atomic E-state index is 13.6. The van der Waals surface area contributed by atoms with Gasteiger partial charge in [-0.15, -0.1) is 0 Å². The number of rotatable bonds is 5. The number of amides is 3. The van der Waals surface area contributed by atoms with Gasteiger partial charge in [0.1, 0.15) is 12.2 Å². The number of nitrogens with zero attached hydrogens (tertiary/aromatic N) is 2. The van der Waals surface area contributed by atoms with Gasteiger partial charge in [0, 0.05) is 13.1 Å². The monoisotopic (exact) mass is 446 g/mol. The lowest BCUT2D eigenvalue weighted by molar-refractivity contribution is -0.156. The molecule has 0 saturated carbocycles. The molecule has 3 atom stereocenters. The molecule has 3 rings (SSSR count). The van der Waals surface area contributed by atoms with Crippen LogP contribution in [0.2, 0.25) is 0 Å². The van der Waals surface area contributed by atoms with E-state index in [0.29, 0.717) is 6.42 Å². The number of carbonyl (C=O) groups is 4. The van der Waals surface area contributed by atoms with Crippen molar-refractivity contribution in [3.63, 3.8) is 0 Å². The van der Waals surface area contributed by atoms with Crippen LogP contribution in [0.3, 0.4) is 0 Å². The summed E-state index contributed by atoms with van der Waals surface area (Å²) in [6.45, 7) is 6.52. The molecule has 1 unspecified atom stereocenters. The van der Waals surface area contributed by atoms with E-state index in [4.69, 9.17) is 9.47 Å². The van der Waals surface area contributed by atoms with Gasteiger partial charge in [0.05, 0.1) is 17.4 Å². The summed E-state index contributed by atoms with van der Waals surface area (Å²) in [6, 6.07) is 8.83. The van der Waals surface area contributed by atoms with Gasteiger partial charge in [-0.25, -0.2) is 14.5 Å². The van der Waals surface area contributed by atoms with E-state index in [-0.39, 0.29) is 26.1 Å². The van der Waals surface area contributed by atoms with Gasteiger partial charge in [0.25, 0.3) is 0 Å². The van der Waals surface area contributed by atoms with E-state index in [1.54, 1.807) is 27.7 Å². The summed E-state index contributed by atoms with van der Waals surface area (Å²) in [5, 5.41) is 10.1. The van der Waals surface area contributed by atoms with Crippen molar-refractivity contribution in [2.24, 2.45) is 11.3 Å². The second kappa shape index (κ2) is 8.80. The molecule has 2 fully saturated rings. The van der Waals surface area contributed by atoms with Gasteiger partial charge in [-0.05, 0) is 39.2 Å². The number of aliphatic carboxylic acids is 1. The second-order valence-corrected chi connectivity index (χ2v) is 9.36. The Morgan fingerprint density at radius 2 is 1.88 bits per heavy atom. The van der Waals surface area contributed by atoms with Crippen molar-refractivity contribution in [1.82, 2.24) is 9.80 Å². The van der Waals surface area contributed by atoms with Crippen molar-refractivity contribution in [3.8, 4) is 0 Å². The third kappa shape index (κ3) is 4.56. The van der Waals surface area contributed by atoms with Crippen molar-refractivity contribution in [2.45, 2.75) is 52.2 Å². The highest BCUT2D eigenvalue weighted by atomic mass is 16.6. The average molecular weight is 447 g/mol. The first-order valence-corrected chi connectivity index (χ1v) is 10.7. The van der Waals surface area contributed by atoms with E-state index < -0.39 is 47.0 Å². The van der Waals surface area contributed by atoms with E-state index in [1.165, 1.54) is 4.90 Å². The standard InChI is InChI=1S/C23H30N2O7/c1-5-23(19(27)28)14-24(20(29)32-22(2,3)4)12-17(23)18(26)25-16(13-31-21(25)30)11-15-9-7-6-8-10-15/h6-10,16-17H,5,11-14H2,1-4H3,(H,27,28)/t16?,17-,23+/m1/s1. The molecule has 9 heteroatoms. The minimum absolute atomic E-state index is 0.0359. The zero-order valence-electron chi connectivity index (χ0n) is 18.9. The highest BCUT2D eigenvalue weighted by Gasteiger charge is 2.58. The Hall–Kier alpha value is -3.10. The van der Waals surface area contributed by atoms with E-state index in [0.717, 1.165) is 10.5 Å². The Bertz CT molecular complexity index is 895. The SMILES string of the molecule is CC[C@]1(C(=O)O)CN(C(=O)OC(C)(C)C)C[C@@H]1C(=O)N1C(=O)OCC1Cc1ccccc1. The van der Waals surface area contributed by atoms with Gasteiger partial charge < -0.3 is 19.5 Å². The summed E-state index contributed by atoms with van der Waals surface area (Å²) in [5.41, 5.74) is -1.36. The lowest BCUT2D eigenvalue weighted by Gasteiger charge is -2.31. The maximum absolute atomic E-state index is 13.6. The van der Waals surface area contributed by atoms with Gasteiger partial charge in [-0.2, -0.15) is 0 Å². The molecule has 3 amide bonds. The molecule has 2 heterocycles. The van der Waals surface area contributed by atoms with E-state index in [9.17, 15) is 24.3 Å². The number of carboxylic acids is 1. The van der Waals surface area contributed by atoms with E-state index >= 15 is 0 Å². The molecule has 2 aliphatic heterocycles. The van der Waals surface area contributed by atoms with Gasteiger partial charge in [-0.1, -0.05) is 37.3 Å². The Kier molecular flexibility index (Phi) is 6.48. The molecule has 1 aromatic rings. The van der Waals surface area contributed by atoms with Crippen LogP contribution in [-0.2, 0) is 25.5 Å². The van der Waals surface area contributed by atoms with Crippen LogP contribution >= 0.6 is 0 Å². The molecule has 0 bridgehead atoms. The van der Waals surface area contributed by atoms with Gasteiger partial charge in [0.15, 0.2) is 0 Å². The third-order valence-corrected chi connectivity index (χ3v) is 6.06. The first-order valence-electron chi connectivity index (χ1n) is 10.7. The molecule has 0 radical (unpaired) electrons. The lowest BCUT2D eigenvalue weighted by atomic mass is 9.75. The largest absolute Gasteiger partial charge is 0.481 e. The number of hydrogen-bond donors (Lipinski definition) is 1. The van der Waals surface area contributed by atoms with Crippen LogP contribution in [-0.4, -0.2) is 70.3 Å². The maximum Gasteiger partial charge on any atom is 0.416 e. The van der Waals surface area contributed by atoms with Gasteiger partial charge in [-0.3, -0.25) is 9.59 Å². The predicted octanol–water partition coefficient (Wildman–Crippen LogP) is 2.92. The molecule has 0 aromatic heterocycles. The number of cyclic esters (lactones) is 1. The summed E-state index contributed by atoms with van der Waals surface area (Å²) in [4.78, 5) is 53.3. The molecule has 1 aromatic carbocycles. The summed E-state index contributed by atoms with van der Waals surface area (Å²) >= 11 is 0. The molecular weight excluding hydrogens is 416 g/mol. The fourth-order valence-electron chi connectivity index (χ4n) is 4.35. The Balaban J connectivity index is 1.88. The average Bonchev–Trinajstić information content (AvgIpc) is 3.29. The van der Waals surface area contributed by atoms with E-state index in [1.807, 2.05) is 30.3 Å². The third-order valence-electron chi connectivity index (χ3n) is 6.06. The molecule has 0 spiro atoms. The molecule has 0 aliphatic carbocycles. The van der Waals surface area contributed by atoms with Crippen LogP contribution in [0.15, 0.2) is 30.3 Å². The highest BCUT2D eigenvalue weighted by Crippen LogP contribution is 2.42. The number of carboxylic acid groups (broad SMARTS) is 1. The second-order valence-electron chi connectivity index (χ2n) is 9.36. The predicted molar refractivity (Wildman–Crippen MR) is 114 cm³/mol. The Morgan fingerprint density at radius 1 is 1.22 bits per heavy atom. The number of hydrogen-bond acceptors (Lipinski definition) is 6. The number of carbonyl (C=O) groups excluding carboxylic acids is 3. The number of imide groups is 1. The minimum Gasteiger partial charge on any atom is -0.481 e. The van der Waals surface area contributed by atoms with Gasteiger partial charge in [0.2, 0.25) is 5.91 Å². The van der Waals surface area contributed by atoms with Crippen molar-refractivity contribution in [3.05, 3.63) is 35.9 Å². The topological polar surface area (TPSA) is 113 Å². The van der Waals surface area contributed by atoms with Crippen LogP contribution in [0.1, 0.15) is 39.7 Å². The smallest absolute Gasteiger partial charge is 0.416 e. The molecule has 2 saturated heterocycles. The Labute approximate surface area is 187 Å². The number of benzene rings is 1. The number of likely N-dealkylation sites (tertiary alicyclic amines) is 1. The lowest BCUT2D eigenvalue weighted by Crippen LogP contribution is -2.50. The van der Waals surface area contributed by atoms with Crippen LogP contribution in [0.25, 0.3) is 0 Å². The van der Waals surface area contributed by atoms with Crippen molar-refractivity contribution in [1.29, 1.82) is 0 Å². The quantitative estimate of drug-likeness (QED) is 0.740. The molecule has 1 N–H and O–H groups in total. The highest BCUT2D eigenvalue weighted by molar-refractivity contribution is 5.98. The molecular formula is C23H30N2O7. The normalized spacial score (nSPS) is 25.6. The zero-order valence-corrected chi connectivity index (χ0v) is 18.9. The minimum atomic E-state index is -1.52. The van der Waals surface area contributed by atoms with Crippen LogP contribution < -0.4 is 0 Å². The van der Waals surface area contributed by atoms with Crippen LogP contribution in [0.5, 0.6) is 0 Å². The fraction of sp³-hybridized carbons (Fsp3) is 0.565. The zero-order chi connectivity index (χ0) is 23.7. The first-order chi connectivity index (χ1) is 15.0. The van der Waals surface area contributed by atoms with Crippen LogP contribution in [0.4, 0.5) is 9.59 Å². The number of ether oxygens (including phenoxy) is 2. The van der Waals surface area contributed by atoms with Crippen molar-refractivity contribution >= 4 is 24.1 Å². The first kappa shape index (κ1) is 23.6. The Morgan fingerprint density at radius 3 is 2.44 bits per heavy atom. The summed E-state index contributed by atoms with van der Waals surface area (Å²) in [5.74, 6) is -2.92. The summed E-state index contributed by atoms with van der Waals surface area (Å²) < 4.78 is 10.5. The van der Waals surface area contributed by atoms with Gasteiger partial charge >= 0.3 is 18.2 Å². The fourth-order valence-corrected chi connectivity index (χ4v) is 4.35. The molecule has 174 valence electrons. The molecule has 9 nitrogen and oxygen atoms in total. The summed E-state index contributed by atoms with van der Waals surface area (Å²) in [7, 11) is 0.